The van der Waals surface area contributed by atoms with Gasteiger partial charge in [0.25, 0.3) is 0 Å². The lowest BCUT2D eigenvalue weighted by Gasteiger charge is -2.24. The summed E-state index contributed by atoms with van der Waals surface area (Å²) in [6.07, 6.45) is 2.33. The fourth-order valence-corrected chi connectivity index (χ4v) is 2.77. The first-order valence-electron chi connectivity index (χ1n) is 5.67. The van der Waals surface area contributed by atoms with E-state index in [9.17, 15) is 20.0 Å². The van der Waals surface area contributed by atoms with E-state index in [4.69, 9.17) is 11.6 Å². The summed E-state index contributed by atoms with van der Waals surface area (Å²) in [6, 6.07) is -0.779. The third kappa shape index (κ3) is 1.88. The number of carboxylic acids is 1. The molecule has 19 heavy (non-hydrogen) atoms. The number of piperidine rings is 1. The Morgan fingerprint density at radius 1 is 1.58 bits per heavy atom. The first-order chi connectivity index (χ1) is 8.99. The molecule has 0 amide bonds. The molecular formula is C10H9ClN4O4. The molecule has 1 aliphatic heterocycles. The molecule has 2 fully saturated rings. The Kier molecular flexibility index (Phi) is 2.56. The lowest BCUT2D eigenvalue weighted by Crippen LogP contribution is -2.39. The molecule has 3 atom stereocenters. The molecule has 1 aromatic heterocycles. The quantitative estimate of drug-likeness (QED) is 0.502. The molecule has 1 saturated heterocycles. The fraction of sp³-hybridized carbons (Fsp3) is 0.500. The minimum absolute atomic E-state index is 0.00222. The Hall–Kier alpha value is -1.96. The van der Waals surface area contributed by atoms with E-state index in [0.717, 1.165) is 12.6 Å². The van der Waals surface area contributed by atoms with E-state index in [0.29, 0.717) is 6.42 Å². The fourth-order valence-electron chi connectivity index (χ4n) is 2.65. The Morgan fingerprint density at radius 2 is 2.32 bits per heavy atom. The van der Waals surface area contributed by atoms with Gasteiger partial charge >= 0.3 is 11.7 Å². The van der Waals surface area contributed by atoms with Crippen molar-refractivity contribution < 1.29 is 14.8 Å². The van der Waals surface area contributed by atoms with Crippen molar-refractivity contribution in [3.8, 4) is 0 Å². The predicted octanol–water partition coefficient (Wildman–Crippen LogP) is 1.09. The van der Waals surface area contributed by atoms with Crippen LogP contribution >= 0.6 is 11.6 Å². The highest BCUT2D eigenvalue weighted by Gasteiger charge is 2.56. The van der Waals surface area contributed by atoms with Crippen molar-refractivity contribution in [2.45, 2.75) is 24.9 Å². The molecule has 0 aromatic carbocycles. The molecule has 1 aliphatic carbocycles. The van der Waals surface area contributed by atoms with Gasteiger partial charge in [-0.05, 0) is 30.4 Å². The van der Waals surface area contributed by atoms with Crippen molar-refractivity contribution in [3.63, 3.8) is 0 Å². The summed E-state index contributed by atoms with van der Waals surface area (Å²) in [5, 5.41) is 20.1. The van der Waals surface area contributed by atoms with Gasteiger partial charge < -0.3 is 10.0 Å². The van der Waals surface area contributed by atoms with Crippen molar-refractivity contribution in [3.05, 3.63) is 21.6 Å². The average Bonchev–Trinajstić information content (AvgIpc) is 2.99. The van der Waals surface area contributed by atoms with Crippen LogP contribution in [0.5, 0.6) is 0 Å². The zero-order valence-corrected chi connectivity index (χ0v) is 10.3. The highest BCUT2D eigenvalue weighted by molar-refractivity contribution is 6.28. The maximum absolute atomic E-state index is 11.2. The normalized spacial score (nSPS) is 28.1. The Balaban J connectivity index is 2.07. The smallest absolute Gasteiger partial charge is 0.329 e. The number of aromatic nitrogens is 2. The Bertz CT molecular complexity index is 581. The molecule has 3 rings (SSSR count). The van der Waals surface area contributed by atoms with Crippen molar-refractivity contribution in [1.82, 2.24) is 9.97 Å². The molecule has 2 aliphatic rings. The number of halogens is 1. The van der Waals surface area contributed by atoms with Crippen molar-refractivity contribution in [2.75, 3.05) is 4.90 Å². The highest BCUT2D eigenvalue weighted by atomic mass is 35.5. The minimum Gasteiger partial charge on any atom is -0.480 e. The number of carboxylic acid groups (broad SMARTS) is 1. The number of carbonyl (C=O) groups is 1. The second kappa shape index (κ2) is 4.02. The topological polar surface area (TPSA) is 109 Å². The maximum Gasteiger partial charge on any atom is 0.329 e. The second-order valence-corrected chi connectivity index (χ2v) is 5.00. The first kappa shape index (κ1) is 12.1. The van der Waals surface area contributed by atoms with Crippen molar-refractivity contribution >= 4 is 29.1 Å². The van der Waals surface area contributed by atoms with Crippen LogP contribution in [0.2, 0.25) is 5.28 Å². The number of nitro groups is 1. The standard InChI is InChI=1S/C10H9ClN4O4/c11-10-12-3-7(15(18)19)8(13-10)14-5-1-4(5)2-6(14)9(16)17/h3-6H,1-2H2,(H,16,17)/t4?,5?,6-/m1/s1. The molecule has 8 nitrogen and oxygen atoms in total. The second-order valence-electron chi connectivity index (χ2n) is 4.67. The van der Waals surface area contributed by atoms with Crippen LogP contribution in [0.1, 0.15) is 12.8 Å². The number of anilines is 1. The molecule has 9 heteroatoms. The zero-order chi connectivity index (χ0) is 13.7. The van der Waals surface area contributed by atoms with Gasteiger partial charge in [-0.25, -0.2) is 9.78 Å². The summed E-state index contributed by atoms with van der Waals surface area (Å²) < 4.78 is 0. The number of aliphatic carboxylic acids is 1. The molecule has 0 radical (unpaired) electrons. The van der Waals surface area contributed by atoms with Crippen LogP contribution in [0.25, 0.3) is 0 Å². The minimum atomic E-state index is -1.00. The molecule has 2 unspecified atom stereocenters. The van der Waals surface area contributed by atoms with Gasteiger partial charge in [0.15, 0.2) is 0 Å². The van der Waals surface area contributed by atoms with E-state index in [2.05, 4.69) is 9.97 Å². The Labute approximate surface area is 112 Å². The largest absolute Gasteiger partial charge is 0.480 e. The summed E-state index contributed by atoms with van der Waals surface area (Å²) in [5.41, 5.74) is -0.316. The van der Waals surface area contributed by atoms with Crippen LogP contribution in [0.15, 0.2) is 6.20 Å². The first-order valence-corrected chi connectivity index (χ1v) is 6.05. The number of hydrogen-bond acceptors (Lipinski definition) is 6. The van der Waals surface area contributed by atoms with E-state index in [1.165, 1.54) is 4.90 Å². The molecule has 1 saturated carbocycles. The predicted molar refractivity (Wildman–Crippen MR) is 64.1 cm³/mol. The van der Waals surface area contributed by atoms with Gasteiger partial charge in [0.1, 0.15) is 12.2 Å². The summed E-state index contributed by atoms with van der Waals surface area (Å²) in [5.74, 6) is -0.729. The number of hydrogen-bond donors (Lipinski definition) is 1. The molecular weight excluding hydrogens is 276 g/mol. The average molecular weight is 285 g/mol. The molecule has 100 valence electrons. The van der Waals surface area contributed by atoms with Gasteiger partial charge in [-0.15, -0.1) is 0 Å². The van der Waals surface area contributed by atoms with Gasteiger partial charge in [0.2, 0.25) is 11.1 Å². The van der Waals surface area contributed by atoms with Crippen LogP contribution in [-0.2, 0) is 4.79 Å². The lowest BCUT2D eigenvalue weighted by atomic mass is 10.1. The molecule has 0 spiro atoms. The third-order valence-corrected chi connectivity index (χ3v) is 3.73. The van der Waals surface area contributed by atoms with Gasteiger partial charge in [-0.2, -0.15) is 4.98 Å². The zero-order valence-electron chi connectivity index (χ0n) is 9.56. The highest BCUT2D eigenvalue weighted by Crippen LogP contribution is 2.50. The summed E-state index contributed by atoms with van der Waals surface area (Å²) in [4.78, 5) is 30.5. The lowest BCUT2D eigenvalue weighted by molar-refractivity contribution is -0.384. The van der Waals surface area contributed by atoms with Crippen LogP contribution in [0.3, 0.4) is 0 Å². The number of nitrogens with zero attached hydrogens (tertiary/aromatic N) is 4. The van der Waals surface area contributed by atoms with E-state index in [1.807, 2.05) is 0 Å². The van der Waals surface area contributed by atoms with Crippen LogP contribution in [0.4, 0.5) is 11.5 Å². The monoisotopic (exact) mass is 284 g/mol. The summed E-state index contributed by atoms with van der Waals surface area (Å²) in [7, 11) is 0. The van der Waals surface area contributed by atoms with Gasteiger partial charge in [-0.3, -0.25) is 10.1 Å². The van der Waals surface area contributed by atoms with Gasteiger partial charge in [0.05, 0.1) is 4.92 Å². The van der Waals surface area contributed by atoms with E-state index >= 15 is 0 Å². The van der Waals surface area contributed by atoms with Crippen LogP contribution in [0, 0.1) is 16.0 Å². The molecule has 2 heterocycles. The van der Waals surface area contributed by atoms with E-state index < -0.39 is 16.9 Å². The van der Waals surface area contributed by atoms with Crippen molar-refractivity contribution in [1.29, 1.82) is 0 Å². The molecule has 1 N–H and O–H groups in total. The van der Waals surface area contributed by atoms with Gasteiger partial charge in [0, 0.05) is 6.04 Å². The van der Waals surface area contributed by atoms with Crippen LogP contribution in [-0.4, -0.2) is 38.1 Å². The van der Waals surface area contributed by atoms with Crippen molar-refractivity contribution in [2.24, 2.45) is 5.92 Å². The summed E-state index contributed by atoms with van der Waals surface area (Å²) in [6.45, 7) is 0. The SMILES string of the molecule is O=C(O)[C@H]1CC2CC2N1c1nc(Cl)ncc1[N+](=O)[O-]. The third-order valence-electron chi connectivity index (χ3n) is 3.55. The van der Waals surface area contributed by atoms with Crippen LogP contribution < -0.4 is 4.90 Å². The van der Waals surface area contributed by atoms with E-state index in [-0.39, 0.29) is 28.7 Å². The molecule has 1 aromatic rings. The maximum atomic E-state index is 11.2. The molecule has 0 bridgehead atoms. The number of fused-ring (bicyclic) bond motifs is 1. The summed E-state index contributed by atoms with van der Waals surface area (Å²) >= 11 is 5.67. The van der Waals surface area contributed by atoms with E-state index in [1.54, 1.807) is 0 Å². The van der Waals surface area contributed by atoms with Gasteiger partial charge in [-0.1, -0.05) is 0 Å². The Morgan fingerprint density at radius 3 is 2.95 bits per heavy atom. The number of rotatable bonds is 3.